The zero-order valence-electron chi connectivity index (χ0n) is 14.7. The van der Waals surface area contributed by atoms with Crippen molar-refractivity contribution in [3.05, 3.63) is 24.3 Å². The maximum atomic E-state index is 13.2. The molecule has 2 rings (SSSR count). The van der Waals surface area contributed by atoms with E-state index in [4.69, 9.17) is 0 Å². The third-order valence-corrected chi connectivity index (χ3v) is 8.09. The minimum Gasteiger partial charge on any atom is -0.315 e. The summed E-state index contributed by atoms with van der Waals surface area (Å²) in [5.74, 6) is 0. The van der Waals surface area contributed by atoms with Gasteiger partial charge in [-0.25, -0.2) is 21.1 Å². The molecule has 0 radical (unpaired) electrons. The topological polar surface area (TPSA) is 86.8 Å². The lowest BCUT2D eigenvalue weighted by Gasteiger charge is -2.28. The Labute approximate surface area is 156 Å². The summed E-state index contributed by atoms with van der Waals surface area (Å²) in [6.07, 6.45) is 1.39. The van der Waals surface area contributed by atoms with E-state index in [1.54, 1.807) is 6.07 Å². The SMILES string of the molecule is CCCN(C1CCNC1)S(=O)(=O)c1ccccc1S(=O)(=O)N(C)C.Cl. The molecule has 1 fully saturated rings. The van der Waals surface area contributed by atoms with Gasteiger partial charge in [-0.15, -0.1) is 12.4 Å². The van der Waals surface area contributed by atoms with Crippen LogP contribution >= 0.6 is 12.4 Å². The Balaban J connectivity index is 0.00000312. The summed E-state index contributed by atoms with van der Waals surface area (Å²) in [4.78, 5) is -0.332. The van der Waals surface area contributed by atoms with E-state index in [2.05, 4.69) is 5.32 Å². The highest BCUT2D eigenvalue weighted by Crippen LogP contribution is 2.28. The van der Waals surface area contributed by atoms with E-state index in [9.17, 15) is 16.8 Å². The molecule has 1 aliphatic rings. The van der Waals surface area contributed by atoms with Crippen LogP contribution in [0, 0.1) is 0 Å². The molecule has 25 heavy (non-hydrogen) atoms. The Bertz CT molecular complexity index is 776. The standard InChI is InChI=1S/C15H25N3O4S2.ClH/c1-4-11-18(13-9-10-16-12-13)24(21,22)15-8-6-5-7-14(15)23(19,20)17(2)3;/h5-8,13,16H,4,9-12H2,1-3H3;1H. The molecule has 0 aromatic heterocycles. The molecule has 0 spiro atoms. The fourth-order valence-electron chi connectivity index (χ4n) is 2.80. The number of rotatable bonds is 7. The van der Waals surface area contributed by atoms with Crippen molar-refractivity contribution in [3.63, 3.8) is 0 Å². The van der Waals surface area contributed by atoms with Gasteiger partial charge < -0.3 is 5.32 Å². The monoisotopic (exact) mass is 411 g/mol. The van der Waals surface area contributed by atoms with Gasteiger partial charge in [-0.2, -0.15) is 4.31 Å². The van der Waals surface area contributed by atoms with Gasteiger partial charge in [0.25, 0.3) is 0 Å². The van der Waals surface area contributed by atoms with Crippen LogP contribution < -0.4 is 5.32 Å². The number of halogens is 1. The highest BCUT2D eigenvalue weighted by atomic mass is 35.5. The second-order valence-electron chi connectivity index (χ2n) is 6.00. The molecule has 7 nitrogen and oxygen atoms in total. The average Bonchev–Trinajstić information content (AvgIpc) is 3.06. The summed E-state index contributed by atoms with van der Waals surface area (Å²) in [5.41, 5.74) is 0. The number of nitrogens with one attached hydrogen (secondary N) is 1. The van der Waals surface area contributed by atoms with Crippen LogP contribution in [0.2, 0.25) is 0 Å². The van der Waals surface area contributed by atoms with Crippen LogP contribution in [0.5, 0.6) is 0 Å². The number of hydrogen-bond donors (Lipinski definition) is 1. The third-order valence-electron chi connectivity index (χ3n) is 4.08. The molecule has 1 aromatic rings. The van der Waals surface area contributed by atoms with Gasteiger partial charge in [0.15, 0.2) is 0 Å². The van der Waals surface area contributed by atoms with Crippen LogP contribution in [0.15, 0.2) is 34.1 Å². The molecule has 1 saturated heterocycles. The van der Waals surface area contributed by atoms with E-state index in [0.717, 1.165) is 17.3 Å². The van der Waals surface area contributed by atoms with Crippen molar-refractivity contribution in [1.82, 2.24) is 13.9 Å². The number of sulfonamides is 2. The van der Waals surface area contributed by atoms with Gasteiger partial charge in [0.05, 0.1) is 0 Å². The minimum atomic E-state index is -3.91. The van der Waals surface area contributed by atoms with Crippen LogP contribution in [0.25, 0.3) is 0 Å². The lowest BCUT2D eigenvalue weighted by molar-refractivity contribution is 0.334. The van der Waals surface area contributed by atoms with Crippen LogP contribution in [-0.2, 0) is 20.0 Å². The van der Waals surface area contributed by atoms with Crippen molar-refractivity contribution >= 4 is 32.5 Å². The van der Waals surface area contributed by atoms with Crippen molar-refractivity contribution in [1.29, 1.82) is 0 Å². The molecule has 1 unspecified atom stereocenters. The summed E-state index contributed by atoms with van der Waals surface area (Å²) in [7, 11) is -4.97. The molecule has 1 aromatic carbocycles. The lowest BCUT2D eigenvalue weighted by atomic mass is 10.2. The molecular weight excluding hydrogens is 386 g/mol. The Hall–Kier alpha value is -0.710. The van der Waals surface area contributed by atoms with Gasteiger partial charge in [-0.05, 0) is 31.5 Å². The molecule has 0 saturated carbocycles. The Morgan fingerprint density at radius 3 is 2.08 bits per heavy atom. The predicted octanol–water partition coefficient (Wildman–Crippen LogP) is 1.12. The van der Waals surface area contributed by atoms with Gasteiger partial charge in [0, 0.05) is 33.2 Å². The second-order valence-corrected chi connectivity index (χ2v) is 9.98. The van der Waals surface area contributed by atoms with Crippen LogP contribution in [0.4, 0.5) is 0 Å². The molecular formula is C15H26ClN3O4S2. The summed E-state index contributed by atoms with van der Waals surface area (Å²) in [5, 5.41) is 3.17. The summed E-state index contributed by atoms with van der Waals surface area (Å²) < 4.78 is 54.0. The molecule has 10 heteroatoms. The average molecular weight is 412 g/mol. The molecule has 144 valence electrons. The highest BCUT2D eigenvalue weighted by molar-refractivity contribution is 7.92. The van der Waals surface area contributed by atoms with Crippen LogP contribution in [0.3, 0.4) is 0 Å². The number of nitrogens with zero attached hydrogens (tertiary/aromatic N) is 2. The van der Waals surface area contributed by atoms with Gasteiger partial charge in [-0.3, -0.25) is 0 Å². The van der Waals surface area contributed by atoms with E-state index >= 15 is 0 Å². The fraction of sp³-hybridized carbons (Fsp3) is 0.600. The van der Waals surface area contributed by atoms with Crippen molar-refractivity contribution in [3.8, 4) is 0 Å². The highest BCUT2D eigenvalue weighted by Gasteiger charge is 2.36. The summed E-state index contributed by atoms with van der Waals surface area (Å²) >= 11 is 0. The summed E-state index contributed by atoms with van der Waals surface area (Å²) in [6.45, 7) is 3.62. The minimum absolute atomic E-state index is 0. The second kappa shape index (κ2) is 8.79. The zero-order chi connectivity index (χ0) is 18.0. The van der Waals surface area contributed by atoms with Crippen molar-refractivity contribution in [2.24, 2.45) is 0 Å². The maximum Gasteiger partial charge on any atom is 0.244 e. The molecule has 0 aliphatic carbocycles. The van der Waals surface area contributed by atoms with Crippen molar-refractivity contribution < 1.29 is 16.8 Å². The smallest absolute Gasteiger partial charge is 0.244 e. The first-order chi connectivity index (χ1) is 11.2. The maximum absolute atomic E-state index is 13.2. The Morgan fingerprint density at radius 1 is 1.08 bits per heavy atom. The van der Waals surface area contributed by atoms with E-state index in [-0.39, 0.29) is 28.2 Å². The Kier molecular flexibility index (Phi) is 7.85. The van der Waals surface area contributed by atoms with Crippen LogP contribution in [0.1, 0.15) is 19.8 Å². The molecule has 1 aliphatic heterocycles. The quantitative estimate of drug-likeness (QED) is 0.726. The van der Waals surface area contributed by atoms with E-state index in [1.165, 1.54) is 36.6 Å². The molecule has 0 amide bonds. The number of benzene rings is 1. The van der Waals surface area contributed by atoms with Gasteiger partial charge >= 0.3 is 0 Å². The molecule has 0 bridgehead atoms. The summed E-state index contributed by atoms with van der Waals surface area (Å²) in [6, 6.07) is 5.66. The van der Waals surface area contributed by atoms with Gasteiger partial charge in [-0.1, -0.05) is 19.1 Å². The van der Waals surface area contributed by atoms with Gasteiger partial charge in [0.2, 0.25) is 20.0 Å². The molecule has 1 heterocycles. The first kappa shape index (κ1) is 22.3. The Morgan fingerprint density at radius 2 is 1.64 bits per heavy atom. The van der Waals surface area contributed by atoms with Crippen molar-refractivity contribution in [2.75, 3.05) is 33.7 Å². The fourth-order valence-corrected chi connectivity index (χ4v) is 6.22. The third kappa shape index (κ3) is 4.53. The molecule has 1 atom stereocenters. The largest absolute Gasteiger partial charge is 0.315 e. The first-order valence-electron chi connectivity index (χ1n) is 7.97. The van der Waals surface area contributed by atoms with Crippen LogP contribution in [-0.4, -0.2) is 65.2 Å². The van der Waals surface area contributed by atoms with E-state index in [1.807, 2.05) is 6.92 Å². The predicted molar refractivity (Wildman–Crippen MR) is 100 cm³/mol. The van der Waals surface area contributed by atoms with E-state index < -0.39 is 20.0 Å². The molecule has 1 N–H and O–H groups in total. The lowest BCUT2D eigenvalue weighted by Crippen LogP contribution is -2.42. The van der Waals surface area contributed by atoms with E-state index in [0.29, 0.717) is 19.5 Å². The van der Waals surface area contributed by atoms with Crippen molar-refractivity contribution in [2.45, 2.75) is 35.6 Å². The number of hydrogen-bond acceptors (Lipinski definition) is 5. The van der Waals surface area contributed by atoms with Gasteiger partial charge in [0.1, 0.15) is 9.79 Å². The normalized spacial score (nSPS) is 18.5. The zero-order valence-corrected chi connectivity index (χ0v) is 17.1. The first-order valence-corrected chi connectivity index (χ1v) is 10.8.